The van der Waals surface area contributed by atoms with Crippen molar-refractivity contribution in [1.29, 1.82) is 0 Å². The van der Waals surface area contributed by atoms with E-state index in [1.807, 2.05) is 30.3 Å². The molecule has 1 atom stereocenters. The topological polar surface area (TPSA) is 17.1 Å². The van der Waals surface area contributed by atoms with Crippen LogP contribution in [0.4, 0.5) is 0 Å². The fourth-order valence-electron chi connectivity index (χ4n) is 2.72. The van der Waals surface area contributed by atoms with Crippen LogP contribution in [0.3, 0.4) is 0 Å². The van der Waals surface area contributed by atoms with Gasteiger partial charge in [0.05, 0.1) is 5.92 Å². The number of carbonyl (C=O) groups excluding carboxylic acids is 1. The summed E-state index contributed by atoms with van der Waals surface area (Å²) in [5.74, 6) is 0.0523. The summed E-state index contributed by atoms with van der Waals surface area (Å²) in [4.78, 5) is 13.6. The maximum Gasteiger partial charge on any atom is 1.00 e. The molecule has 1 unspecified atom stereocenters. The van der Waals surface area contributed by atoms with Crippen molar-refractivity contribution in [3.05, 3.63) is 42.0 Å². The largest absolute Gasteiger partial charge is 1.00 e. The van der Waals surface area contributed by atoms with Crippen LogP contribution in [0.1, 0.15) is 33.6 Å². The zero-order valence-electron chi connectivity index (χ0n) is 12.3. The molecule has 19 heavy (non-hydrogen) atoms. The second-order valence-electron chi connectivity index (χ2n) is 5.64. The summed E-state index contributed by atoms with van der Waals surface area (Å²) < 4.78 is 0. The molecule has 0 bridgehead atoms. The molecule has 0 saturated carbocycles. The second-order valence-corrected chi connectivity index (χ2v) is 6.72. The summed E-state index contributed by atoms with van der Waals surface area (Å²) in [7, 11) is 0. The zero-order chi connectivity index (χ0) is 13.2. The Morgan fingerprint density at radius 2 is 1.89 bits per heavy atom. The number of rotatable bonds is 2. The summed E-state index contributed by atoms with van der Waals surface area (Å²) in [6.07, 6.45) is 4.41. The normalized spacial score (nSPS) is 21.2. The van der Waals surface area contributed by atoms with Crippen molar-refractivity contribution >= 4 is 16.9 Å². The van der Waals surface area contributed by atoms with Crippen molar-refractivity contribution < 1.29 is 23.7 Å². The van der Waals surface area contributed by atoms with Gasteiger partial charge in [0, 0.05) is 4.90 Å². The summed E-state index contributed by atoms with van der Waals surface area (Å²) >= 11 is 1.38. The van der Waals surface area contributed by atoms with Gasteiger partial charge in [-0.2, -0.15) is 0 Å². The number of carbonyl (C=O) groups is 1. The molecule has 2 rings (SSSR count). The predicted octanol–water partition coefficient (Wildman–Crippen LogP) is 1.69. The average Bonchev–Trinajstić information content (AvgIpc) is 2.28. The summed E-state index contributed by atoms with van der Waals surface area (Å²) in [5, 5.41) is 0.277. The quantitative estimate of drug-likeness (QED) is 0.461. The van der Waals surface area contributed by atoms with Crippen LogP contribution in [-0.4, -0.2) is 5.12 Å². The molecule has 1 nitrogen and oxygen atoms in total. The van der Waals surface area contributed by atoms with Gasteiger partial charge in [-0.25, -0.2) is 0 Å². The van der Waals surface area contributed by atoms with Crippen LogP contribution < -0.4 is 18.9 Å². The second kappa shape index (κ2) is 6.84. The fraction of sp³-hybridized carbons (Fsp3) is 0.438. The van der Waals surface area contributed by atoms with Gasteiger partial charge in [0.15, 0.2) is 0 Å². The molecule has 3 heteroatoms. The first-order chi connectivity index (χ1) is 8.50. The van der Waals surface area contributed by atoms with Gasteiger partial charge < -0.3 is 0 Å². The number of benzene rings is 1. The van der Waals surface area contributed by atoms with Crippen LogP contribution in [0.5, 0.6) is 0 Å². The van der Waals surface area contributed by atoms with Gasteiger partial charge in [-0.3, -0.25) is 4.79 Å². The summed E-state index contributed by atoms with van der Waals surface area (Å²) in [6.45, 7) is 6.50. The molecule has 1 aromatic rings. The van der Waals surface area contributed by atoms with Gasteiger partial charge in [-0.05, 0) is 37.3 Å². The van der Waals surface area contributed by atoms with Crippen molar-refractivity contribution in [3.8, 4) is 0 Å². The SMILES string of the molecule is CC1=CCCC(C)(C)C1C(=O)Sc1ccccc1.[Li+]. The fourth-order valence-corrected chi connectivity index (χ4v) is 3.87. The Hall–Kier alpha value is -0.423. The molecule has 0 aromatic heterocycles. The molecule has 1 aliphatic rings. The molecular formula is C16H20LiOS+. The van der Waals surface area contributed by atoms with Crippen LogP contribution in [0.2, 0.25) is 0 Å². The number of allylic oxidation sites excluding steroid dienone is 2. The van der Waals surface area contributed by atoms with Crippen molar-refractivity contribution in [2.45, 2.75) is 38.5 Å². The van der Waals surface area contributed by atoms with Gasteiger partial charge in [0.25, 0.3) is 0 Å². The molecule has 0 heterocycles. The Morgan fingerprint density at radius 1 is 1.26 bits per heavy atom. The van der Waals surface area contributed by atoms with E-state index in [-0.39, 0.29) is 35.3 Å². The average molecular weight is 267 g/mol. The van der Waals surface area contributed by atoms with Crippen LogP contribution in [-0.2, 0) is 4.79 Å². The van der Waals surface area contributed by atoms with E-state index >= 15 is 0 Å². The minimum Gasteiger partial charge on any atom is -0.286 e. The van der Waals surface area contributed by atoms with Crippen molar-refractivity contribution in [2.75, 3.05) is 0 Å². The molecule has 0 saturated heterocycles. The minimum atomic E-state index is 0. The molecule has 0 radical (unpaired) electrons. The van der Waals surface area contributed by atoms with Crippen LogP contribution in [0, 0.1) is 11.3 Å². The van der Waals surface area contributed by atoms with E-state index < -0.39 is 0 Å². The Bertz CT molecular complexity index is 465. The monoisotopic (exact) mass is 267 g/mol. The van der Waals surface area contributed by atoms with Crippen LogP contribution in [0.15, 0.2) is 46.9 Å². The maximum absolute atomic E-state index is 12.5. The molecule has 0 amide bonds. The van der Waals surface area contributed by atoms with Crippen LogP contribution in [0.25, 0.3) is 0 Å². The van der Waals surface area contributed by atoms with E-state index in [0.29, 0.717) is 0 Å². The van der Waals surface area contributed by atoms with Gasteiger partial charge in [-0.1, -0.05) is 55.5 Å². The molecular weight excluding hydrogens is 247 g/mol. The molecule has 1 aliphatic carbocycles. The standard InChI is InChI=1S/C16H20OS.Li/c1-12-8-7-11-16(2,3)14(12)15(17)18-13-9-5-4-6-10-13;/h4-6,8-10,14H,7,11H2,1-3H3;/q;+1. The molecule has 96 valence electrons. The van der Waals surface area contributed by atoms with E-state index in [1.165, 1.54) is 17.3 Å². The first-order valence-electron chi connectivity index (χ1n) is 6.44. The van der Waals surface area contributed by atoms with E-state index in [1.54, 1.807) is 0 Å². The Balaban J connectivity index is 0.00000180. The summed E-state index contributed by atoms with van der Waals surface area (Å²) in [5.41, 5.74) is 1.32. The Morgan fingerprint density at radius 3 is 2.47 bits per heavy atom. The smallest absolute Gasteiger partial charge is 0.286 e. The molecule has 0 fully saturated rings. The first-order valence-corrected chi connectivity index (χ1v) is 7.26. The van der Waals surface area contributed by atoms with Crippen LogP contribution >= 0.6 is 11.8 Å². The number of thioether (sulfide) groups is 1. The van der Waals surface area contributed by atoms with Gasteiger partial charge in [-0.15, -0.1) is 0 Å². The predicted molar refractivity (Wildman–Crippen MR) is 77.6 cm³/mol. The molecule has 0 aliphatic heterocycles. The first kappa shape index (κ1) is 16.6. The van der Waals surface area contributed by atoms with Gasteiger partial charge >= 0.3 is 18.9 Å². The summed E-state index contributed by atoms with van der Waals surface area (Å²) in [6, 6.07) is 9.92. The van der Waals surface area contributed by atoms with Crippen molar-refractivity contribution in [3.63, 3.8) is 0 Å². The third-order valence-corrected chi connectivity index (χ3v) is 4.63. The third kappa shape index (κ3) is 4.02. The number of hydrogen-bond acceptors (Lipinski definition) is 2. The van der Waals surface area contributed by atoms with Crippen molar-refractivity contribution in [2.24, 2.45) is 11.3 Å². The van der Waals surface area contributed by atoms with E-state index in [0.717, 1.165) is 17.7 Å². The Kier molecular flexibility index (Phi) is 5.99. The molecule has 0 spiro atoms. The van der Waals surface area contributed by atoms with E-state index in [4.69, 9.17) is 0 Å². The maximum atomic E-state index is 12.5. The van der Waals surface area contributed by atoms with Gasteiger partial charge in [0.2, 0.25) is 5.12 Å². The van der Waals surface area contributed by atoms with E-state index in [9.17, 15) is 4.79 Å². The molecule has 1 aromatic carbocycles. The zero-order valence-corrected chi connectivity index (χ0v) is 13.1. The van der Waals surface area contributed by atoms with Crippen molar-refractivity contribution in [1.82, 2.24) is 0 Å². The van der Waals surface area contributed by atoms with Gasteiger partial charge in [0.1, 0.15) is 0 Å². The minimum absolute atomic E-state index is 0. The third-order valence-electron chi connectivity index (χ3n) is 3.69. The van der Waals surface area contributed by atoms with E-state index in [2.05, 4.69) is 26.8 Å². The Labute approximate surface area is 132 Å². The molecule has 0 N–H and O–H groups in total. The number of hydrogen-bond donors (Lipinski definition) is 0.